The summed E-state index contributed by atoms with van der Waals surface area (Å²) in [4.78, 5) is 18.4. The van der Waals surface area contributed by atoms with Gasteiger partial charge >= 0.3 is 6.36 Å². The minimum atomic E-state index is -4.82. The van der Waals surface area contributed by atoms with Crippen LogP contribution >= 0.6 is 0 Å². The number of fused-ring (bicyclic) bond motifs is 3. The van der Waals surface area contributed by atoms with E-state index in [1.54, 1.807) is 18.2 Å². The zero-order valence-corrected chi connectivity index (χ0v) is 22.1. The lowest BCUT2D eigenvalue weighted by Gasteiger charge is -2.39. The quantitative estimate of drug-likeness (QED) is 0.210. The maximum Gasteiger partial charge on any atom is 0.573 e. The second kappa shape index (κ2) is 10.2. The first kappa shape index (κ1) is 26.0. The fourth-order valence-corrected chi connectivity index (χ4v) is 6.40. The number of hydrogen-bond acceptors (Lipinski definition) is 7. The van der Waals surface area contributed by atoms with Gasteiger partial charge in [0.25, 0.3) is 0 Å². The molecule has 4 aromatic rings. The van der Waals surface area contributed by atoms with Gasteiger partial charge in [0.2, 0.25) is 0 Å². The topological polar surface area (TPSA) is 77.7 Å². The number of piperidine rings is 1. The number of anilines is 1. The number of rotatable bonds is 8. The summed E-state index contributed by atoms with van der Waals surface area (Å²) in [5.41, 5.74) is 2.75. The molecule has 2 saturated heterocycles. The summed E-state index contributed by atoms with van der Waals surface area (Å²) in [6.45, 7) is 0.211. The van der Waals surface area contributed by atoms with E-state index in [4.69, 9.17) is 14.2 Å². The smallest absolute Gasteiger partial charge is 0.405 e. The van der Waals surface area contributed by atoms with Gasteiger partial charge in [0.15, 0.2) is 0 Å². The van der Waals surface area contributed by atoms with Gasteiger partial charge in [-0.25, -0.2) is 4.98 Å². The van der Waals surface area contributed by atoms with Crippen LogP contribution in [0.4, 0.5) is 19.0 Å². The molecule has 2 aromatic heterocycles. The van der Waals surface area contributed by atoms with E-state index < -0.39 is 6.36 Å². The number of nitrogens with zero attached hydrogens (tertiary/aromatic N) is 3. The number of para-hydroxylation sites is 1. The van der Waals surface area contributed by atoms with Gasteiger partial charge in [-0.15, -0.1) is 13.2 Å². The second-order valence-electron chi connectivity index (χ2n) is 11.1. The van der Waals surface area contributed by atoms with Gasteiger partial charge in [-0.2, -0.15) is 0 Å². The number of aldehydes is 1. The number of halogens is 3. The van der Waals surface area contributed by atoms with E-state index in [0.29, 0.717) is 22.6 Å². The molecule has 2 aromatic carbocycles. The first-order valence-electron chi connectivity index (χ1n) is 14.0. The average molecular weight is 564 g/mol. The van der Waals surface area contributed by atoms with E-state index in [1.807, 2.05) is 24.3 Å². The minimum Gasteiger partial charge on any atom is -0.405 e. The van der Waals surface area contributed by atoms with Crippen molar-refractivity contribution in [1.29, 1.82) is 0 Å². The van der Waals surface area contributed by atoms with Gasteiger partial charge in [0, 0.05) is 40.1 Å². The van der Waals surface area contributed by atoms with Crippen LogP contribution in [0.25, 0.3) is 22.2 Å². The summed E-state index contributed by atoms with van der Waals surface area (Å²) in [6, 6.07) is 16.1. The molecule has 1 saturated carbocycles. The predicted molar refractivity (Wildman–Crippen MR) is 145 cm³/mol. The number of benzene rings is 2. The highest BCUT2D eigenvalue weighted by Crippen LogP contribution is 2.46. The van der Waals surface area contributed by atoms with Crippen LogP contribution in [0.5, 0.6) is 5.75 Å². The molecule has 3 fully saturated rings. The Morgan fingerprint density at radius 3 is 2.51 bits per heavy atom. The highest BCUT2D eigenvalue weighted by molar-refractivity contribution is 5.87. The molecule has 7 rings (SSSR count). The van der Waals surface area contributed by atoms with Crippen molar-refractivity contribution >= 4 is 23.0 Å². The third kappa shape index (κ3) is 5.16. The summed E-state index contributed by atoms with van der Waals surface area (Å²) >= 11 is 0. The molecule has 41 heavy (non-hydrogen) atoms. The lowest BCUT2D eigenvalue weighted by atomic mass is 9.99. The summed E-state index contributed by atoms with van der Waals surface area (Å²) in [5.74, 6) is 1.53. The van der Waals surface area contributed by atoms with E-state index in [-0.39, 0.29) is 42.0 Å². The molecular formula is C31H28F3N3O4. The van der Waals surface area contributed by atoms with Crippen molar-refractivity contribution < 1.29 is 32.0 Å². The second-order valence-corrected chi connectivity index (χ2v) is 11.1. The fourth-order valence-electron chi connectivity index (χ4n) is 6.40. The number of alkyl halides is 3. The molecule has 10 heteroatoms. The molecule has 0 N–H and O–H groups in total. The molecule has 1 aliphatic carbocycles. The molecule has 2 atom stereocenters. The predicted octanol–water partition coefficient (Wildman–Crippen LogP) is 7.19. The van der Waals surface area contributed by atoms with Crippen LogP contribution in [0.1, 0.15) is 66.1 Å². The van der Waals surface area contributed by atoms with Crippen LogP contribution in [0, 0.1) is 0 Å². The Morgan fingerprint density at radius 2 is 1.78 bits per heavy atom. The van der Waals surface area contributed by atoms with Crippen molar-refractivity contribution in [2.45, 2.75) is 75.6 Å². The van der Waals surface area contributed by atoms with Crippen molar-refractivity contribution in [3.63, 3.8) is 0 Å². The number of carbonyl (C=O) groups is 1. The molecule has 212 valence electrons. The Labute approximate surface area is 234 Å². The molecule has 2 bridgehead atoms. The molecule has 2 unspecified atom stereocenters. The van der Waals surface area contributed by atoms with Crippen LogP contribution in [-0.4, -0.2) is 41.0 Å². The Kier molecular flexibility index (Phi) is 6.45. The van der Waals surface area contributed by atoms with Crippen molar-refractivity contribution in [1.82, 2.24) is 10.1 Å². The van der Waals surface area contributed by atoms with Crippen LogP contribution in [-0.2, 0) is 11.3 Å². The van der Waals surface area contributed by atoms with Crippen LogP contribution in [0.2, 0.25) is 0 Å². The number of hydrogen-bond donors (Lipinski definition) is 0. The highest BCUT2D eigenvalue weighted by Gasteiger charge is 2.42. The van der Waals surface area contributed by atoms with Crippen molar-refractivity contribution in [2.75, 3.05) is 4.90 Å². The third-order valence-electron chi connectivity index (χ3n) is 8.39. The van der Waals surface area contributed by atoms with E-state index >= 15 is 0 Å². The van der Waals surface area contributed by atoms with Gasteiger partial charge in [-0.3, -0.25) is 4.79 Å². The van der Waals surface area contributed by atoms with Gasteiger partial charge in [-0.1, -0.05) is 17.3 Å². The van der Waals surface area contributed by atoms with Gasteiger partial charge in [-0.05, 0) is 81.0 Å². The maximum atomic E-state index is 13.1. The lowest BCUT2D eigenvalue weighted by molar-refractivity contribution is -0.274. The maximum absolute atomic E-state index is 13.1. The van der Waals surface area contributed by atoms with E-state index in [2.05, 4.69) is 14.8 Å². The third-order valence-corrected chi connectivity index (χ3v) is 8.39. The molecular weight excluding hydrogens is 535 g/mol. The summed E-state index contributed by atoms with van der Waals surface area (Å²) in [5, 5.41) is 5.13. The van der Waals surface area contributed by atoms with Crippen LogP contribution in [0.3, 0.4) is 0 Å². The fraction of sp³-hybridized carbons (Fsp3) is 0.387. The molecule has 0 amide bonds. The molecule has 7 nitrogen and oxygen atoms in total. The zero-order valence-electron chi connectivity index (χ0n) is 22.1. The number of carbonyl (C=O) groups excluding carboxylic acids is 1. The summed E-state index contributed by atoms with van der Waals surface area (Å²) in [7, 11) is 0. The van der Waals surface area contributed by atoms with Crippen molar-refractivity contribution in [3.05, 3.63) is 71.5 Å². The number of ether oxygens (including phenoxy) is 2. The standard InChI is InChI=1S/C31H28F3N3O4/c32-31(33,34)40-27-4-2-1-3-24(27)29-25(30(41-36-29)19-6-7-19)17-39-23-14-21-9-10-22(15-23)37(21)28-12-8-20-13-18(16-38)5-11-26(20)35-28/h1-5,8,11-13,16,19,21-23H,6-7,9-10,14-15,17H2. The van der Waals surface area contributed by atoms with Crippen molar-refractivity contribution in [2.24, 2.45) is 0 Å². The Morgan fingerprint density at radius 1 is 1.00 bits per heavy atom. The number of pyridine rings is 1. The average Bonchev–Trinajstić information content (AvgIpc) is 3.66. The molecule has 0 spiro atoms. The number of aromatic nitrogens is 2. The Balaban J connectivity index is 1.09. The highest BCUT2D eigenvalue weighted by atomic mass is 19.4. The van der Waals surface area contributed by atoms with Gasteiger partial charge in [0.05, 0.1) is 18.2 Å². The molecule has 0 radical (unpaired) electrons. The normalized spacial score (nSPS) is 22.3. The summed E-state index contributed by atoms with van der Waals surface area (Å²) in [6.07, 6.45) is 1.67. The van der Waals surface area contributed by atoms with E-state index in [1.165, 1.54) is 12.1 Å². The van der Waals surface area contributed by atoms with Gasteiger partial charge in [0.1, 0.15) is 29.3 Å². The Hall–Kier alpha value is -3.92. The molecule has 2 aliphatic heterocycles. The van der Waals surface area contributed by atoms with Crippen LogP contribution < -0.4 is 9.64 Å². The first-order chi connectivity index (χ1) is 19.9. The SMILES string of the molecule is O=Cc1ccc2nc(N3C4CCC3CC(OCc3c(-c5ccccc5OC(F)(F)F)noc3C3CC3)C4)ccc2c1. The van der Waals surface area contributed by atoms with Crippen LogP contribution in [0.15, 0.2) is 59.1 Å². The largest absolute Gasteiger partial charge is 0.573 e. The van der Waals surface area contributed by atoms with Gasteiger partial charge < -0.3 is 18.9 Å². The minimum absolute atomic E-state index is 0.00386. The Bertz CT molecular complexity index is 1590. The first-order valence-corrected chi connectivity index (χ1v) is 14.0. The summed E-state index contributed by atoms with van der Waals surface area (Å²) < 4.78 is 55.7. The van der Waals surface area contributed by atoms with E-state index in [9.17, 15) is 18.0 Å². The monoisotopic (exact) mass is 563 g/mol. The van der Waals surface area contributed by atoms with E-state index in [0.717, 1.165) is 61.5 Å². The molecule has 3 aliphatic rings. The zero-order chi connectivity index (χ0) is 28.1. The van der Waals surface area contributed by atoms with Crippen molar-refractivity contribution in [3.8, 4) is 17.0 Å². The molecule has 4 heterocycles. The lowest BCUT2D eigenvalue weighted by Crippen LogP contribution is -2.46.